The summed E-state index contributed by atoms with van der Waals surface area (Å²) >= 11 is 7.44. The lowest BCUT2D eigenvalue weighted by molar-refractivity contribution is -0.123. The van der Waals surface area contributed by atoms with Crippen molar-refractivity contribution in [1.82, 2.24) is 0 Å². The average Bonchev–Trinajstić information content (AvgIpc) is 2.94. The van der Waals surface area contributed by atoms with Gasteiger partial charge in [0.2, 0.25) is 0 Å². The lowest BCUT2D eigenvalue weighted by Crippen LogP contribution is -2.29. The number of carbonyl (C=O) groups is 2. The van der Waals surface area contributed by atoms with Gasteiger partial charge in [-0.1, -0.05) is 29.8 Å². The van der Waals surface area contributed by atoms with Crippen LogP contribution in [-0.2, 0) is 9.53 Å². The normalized spacial score (nSPS) is 12.0. The number of fused-ring (bicyclic) bond motifs is 1. The fourth-order valence-corrected chi connectivity index (χ4v) is 3.58. The Balaban J connectivity index is 1.69. The van der Waals surface area contributed by atoms with Crippen molar-refractivity contribution in [3.8, 4) is 0 Å². The fourth-order valence-electron chi connectivity index (χ4n) is 2.19. The van der Waals surface area contributed by atoms with Crippen LogP contribution in [0, 0.1) is 5.82 Å². The molecular weight excluding hydrogens is 365 g/mol. The Morgan fingerprint density at radius 2 is 1.84 bits per heavy atom. The topological polar surface area (TPSA) is 55.4 Å². The van der Waals surface area contributed by atoms with E-state index in [0.717, 1.165) is 10.1 Å². The average molecular weight is 378 g/mol. The molecule has 0 unspecified atom stereocenters. The van der Waals surface area contributed by atoms with E-state index in [1.807, 2.05) is 24.3 Å². The fraction of sp³-hybridized carbons (Fsp3) is 0.111. The van der Waals surface area contributed by atoms with Crippen molar-refractivity contribution in [2.75, 3.05) is 5.32 Å². The molecule has 3 rings (SSSR count). The SMILES string of the molecule is C[C@H](OC(=O)c1sc2ccccc2c1Cl)C(=O)Nc1ccc(F)cc1. The summed E-state index contributed by atoms with van der Waals surface area (Å²) in [6.45, 7) is 1.46. The third-order valence-corrected chi connectivity index (χ3v) is 5.14. The number of anilines is 1. The lowest BCUT2D eigenvalue weighted by atomic mass is 10.2. The first-order chi connectivity index (χ1) is 12.0. The minimum absolute atomic E-state index is 0.254. The number of amides is 1. The summed E-state index contributed by atoms with van der Waals surface area (Å²) in [5.41, 5.74) is 0.411. The summed E-state index contributed by atoms with van der Waals surface area (Å²) in [4.78, 5) is 24.7. The van der Waals surface area contributed by atoms with E-state index in [1.165, 1.54) is 42.5 Å². The van der Waals surface area contributed by atoms with E-state index in [0.29, 0.717) is 10.7 Å². The second-order valence-electron chi connectivity index (χ2n) is 5.29. The van der Waals surface area contributed by atoms with Crippen LogP contribution in [0.1, 0.15) is 16.6 Å². The third-order valence-electron chi connectivity index (χ3n) is 3.49. The molecule has 1 aromatic heterocycles. The highest BCUT2D eigenvalue weighted by Gasteiger charge is 2.23. The summed E-state index contributed by atoms with van der Waals surface area (Å²) in [5, 5.41) is 3.64. The predicted octanol–water partition coefficient (Wildman–Crippen LogP) is 4.88. The smallest absolute Gasteiger partial charge is 0.350 e. The van der Waals surface area contributed by atoms with E-state index in [-0.39, 0.29) is 4.88 Å². The molecule has 0 saturated carbocycles. The van der Waals surface area contributed by atoms with Gasteiger partial charge in [-0.3, -0.25) is 4.79 Å². The Morgan fingerprint density at radius 1 is 1.16 bits per heavy atom. The standard InChI is InChI=1S/C18H13ClFNO3S/c1-10(17(22)21-12-8-6-11(20)7-9-12)24-18(23)16-15(19)13-4-2-3-5-14(13)25-16/h2-10H,1H3,(H,21,22)/t10-/m0/s1. The van der Waals surface area contributed by atoms with Gasteiger partial charge >= 0.3 is 5.97 Å². The first kappa shape index (κ1) is 17.4. The Morgan fingerprint density at radius 3 is 2.52 bits per heavy atom. The number of benzene rings is 2. The van der Waals surface area contributed by atoms with Crippen molar-refractivity contribution in [2.24, 2.45) is 0 Å². The number of carbonyl (C=O) groups excluding carboxylic acids is 2. The minimum atomic E-state index is -1.03. The highest BCUT2D eigenvalue weighted by Crippen LogP contribution is 2.35. The zero-order valence-electron chi connectivity index (χ0n) is 13.1. The van der Waals surface area contributed by atoms with Crippen LogP contribution in [0.2, 0.25) is 5.02 Å². The minimum Gasteiger partial charge on any atom is -0.448 e. The molecule has 2 aromatic carbocycles. The molecule has 128 valence electrons. The highest BCUT2D eigenvalue weighted by atomic mass is 35.5. The molecule has 0 aliphatic rings. The van der Waals surface area contributed by atoms with Crippen molar-refractivity contribution < 1.29 is 18.7 Å². The molecule has 0 fully saturated rings. The third kappa shape index (κ3) is 3.81. The van der Waals surface area contributed by atoms with Crippen LogP contribution in [0.4, 0.5) is 10.1 Å². The van der Waals surface area contributed by atoms with Crippen LogP contribution < -0.4 is 5.32 Å². The number of nitrogens with one attached hydrogen (secondary N) is 1. The molecule has 0 radical (unpaired) electrons. The monoisotopic (exact) mass is 377 g/mol. The van der Waals surface area contributed by atoms with Crippen LogP contribution in [-0.4, -0.2) is 18.0 Å². The van der Waals surface area contributed by atoms with Crippen molar-refractivity contribution in [3.05, 3.63) is 64.2 Å². The second kappa shape index (κ2) is 7.21. The van der Waals surface area contributed by atoms with Gasteiger partial charge in [-0.25, -0.2) is 9.18 Å². The molecule has 0 spiro atoms. The van der Waals surface area contributed by atoms with Crippen molar-refractivity contribution >= 4 is 50.6 Å². The Hall–Kier alpha value is -2.44. The lowest BCUT2D eigenvalue weighted by Gasteiger charge is -2.13. The number of halogens is 2. The zero-order chi connectivity index (χ0) is 18.0. The van der Waals surface area contributed by atoms with Crippen LogP contribution >= 0.6 is 22.9 Å². The first-order valence-corrected chi connectivity index (χ1v) is 8.59. The van der Waals surface area contributed by atoms with E-state index in [9.17, 15) is 14.0 Å². The largest absolute Gasteiger partial charge is 0.448 e. The summed E-state index contributed by atoms with van der Waals surface area (Å²) in [5.74, 6) is -1.58. The van der Waals surface area contributed by atoms with Gasteiger partial charge < -0.3 is 10.1 Å². The molecule has 0 saturated heterocycles. The number of rotatable bonds is 4. The quantitative estimate of drug-likeness (QED) is 0.659. The van der Waals surface area contributed by atoms with Gasteiger partial charge in [-0.15, -0.1) is 11.3 Å². The maximum atomic E-state index is 12.9. The number of hydrogen-bond donors (Lipinski definition) is 1. The number of esters is 1. The van der Waals surface area contributed by atoms with Gasteiger partial charge in [-0.2, -0.15) is 0 Å². The Bertz CT molecular complexity index is 939. The molecule has 0 aliphatic carbocycles. The van der Waals surface area contributed by atoms with E-state index in [1.54, 1.807) is 0 Å². The number of ether oxygens (including phenoxy) is 1. The zero-order valence-corrected chi connectivity index (χ0v) is 14.7. The van der Waals surface area contributed by atoms with Gasteiger partial charge in [0.05, 0.1) is 5.02 Å². The second-order valence-corrected chi connectivity index (χ2v) is 6.72. The molecular formula is C18H13ClFNO3S. The van der Waals surface area contributed by atoms with Crippen molar-refractivity contribution in [2.45, 2.75) is 13.0 Å². The Kier molecular flexibility index (Phi) is 5.01. The maximum Gasteiger partial charge on any atom is 0.350 e. The van der Waals surface area contributed by atoms with Gasteiger partial charge in [0.1, 0.15) is 10.7 Å². The maximum absolute atomic E-state index is 12.9. The Labute approximate surface area is 152 Å². The molecule has 25 heavy (non-hydrogen) atoms. The van der Waals surface area contributed by atoms with E-state index < -0.39 is 23.8 Å². The van der Waals surface area contributed by atoms with Gasteiger partial charge in [0.15, 0.2) is 6.10 Å². The molecule has 0 bridgehead atoms. The summed E-state index contributed by atoms with van der Waals surface area (Å²) in [6, 6.07) is 12.6. The van der Waals surface area contributed by atoms with Crippen LogP contribution in [0.5, 0.6) is 0 Å². The number of hydrogen-bond acceptors (Lipinski definition) is 4. The van der Waals surface area contributed by atoms with Crippen LogP contribution in [0.3, 0.4) is 0 Å². The molecule has 1 amide bonds. The van der Waals surface area contributed by atoms with Crippen molar-refractivity contribution in [3.63, 3.8) is 0 Å². The van der Waals surface area contributed by atoms with Gasteiger partial charge in [0, 0.05) is 15.8 Å². The number of thiophene rings is 1. The van der Waals surface area contributed by atoms with E-state index >= 15 is 0 Å². The first-order valence-electron chi connectivity index (χ1n) is 7.40. The highest BCUT2D eigenvalue weighted by molar-refractivity contribution is 7.21. The molecule has 1 N–H and O–H groups in total. The summed E-state index contributed by atoms with van der Waals surface area (Å²) in [7, 11) is 0. The molecule has 3 aromatic rings. The van der Waals surface area contributed by atoms with Crippen LogP contribution in [0.25, 0.3) is 10.1 Å². The van der Waals surface area contributed by atoms with Crippen molar-refractivity contribution in [1.29, 1.82) is 0 Å². The summed E-state index contributed by atoms with van der Waals surface area (Å²) < 4.78 is 18.9. The van der Waals surface area contributed by atoms with E-state index in [4.69, 9.17) is 16.3 Å². The van der Waals surface area contributed by atoms with E-state index in [2.05, 4.69) is 5.32 Å². The summed E-state index contributed by atoms with van der Waals surface area (Å²) in [6.07, 6.45) is -1.03. The molecule has 1 heterocycles. The van der Waals surface area contributed by atoms with Crippen LogP contribution in [0.15, 0.2) is 48.5 Å². The molecule has 7 heteroatoms. The molecule has 1 atom stereocenters. The van der Waals surface area contributed by atoms with Gasteiger partial charge in [-0.05, 0) is 37.3 Å². The molecule has 4 nitrogen and oxygen atoms in total. The predicted molar refractivity (Wildman–Crippen MR) is 96.7 cm³/mol. The molecule has 0 aliphatic heterocycles. The van der Waals surface area contributed by atoms with Gasteiger partial charge in [0.25, 0.3) is 5.91 Å².